The van der Waals surface area contributed by atoms with Gasteiger partial charge < -0.3 is 4.43 Å². The van der Waals surface area contributed by atoms with Crippen molar-refractivity contribution >= 4 is 8.32 Å². The highest BCUT2D eigenvalue weighted by Gasteiger charge is 2.53. The molecule has 2 aliphatic rings. The van der Waals surface area contributed by atoms with Crippen LogP contribution in [0.2, 0.25) is 18.1 Å². The van der Waals surface area contributed by atoms with Gasteiger partial charge in [-0.25, -0.2) is 0 Å². The van der Waals surface area contributed by atoms with E-state index in [9.17, 15) is 0 Å². The van der Waals surface area contributed by atoms with Gasteiger partial charge in [0, 0.05) is 6.10 Å². The highest BCUT2D eigenvalue weighted by atomic mass is 28.4. The van der Waals surface area contributed by atoms with E-state index in [-0.39, 0.29) is 0 Å². The lowest BCUT2D eigenvalue weighted by Gasteiger charge is -2.48. The number of hydrogen-bond acceptors (Lipinski definition) is 1. The Labute approximate surface area is 140 Å². The molecule has 0 N–H and O–H groups in total. The molecule has 22 heavy (non-hydrogen) atoms. The Kier molecular flexibility index (Phi) is 5.99. The quantitative estimate of drug-likeness (QED) is 0.388. The smallest absolute Gasteiger partial charge is 0.192 e. The van der Waals surface area contributed by atoms with Crippen molar-refractivity contribution in [3.05, 3.63) is 12.7 Å². The third-order valence-electron chi connectivity index (χ3n) is 7.48. The molecule has 0 aromatic heterocycles. The summed E-state index contributed by atoms with van der Waals surface area (Å²) in [5, 5.41) is 0. The van der Waals surface area contributed by atoms with E-state index in [0.29, 0.717) is 17.4 Å². The molecule has 0 aliphatic heterocycles. The summed E-state index contributed by atoms with van der Waals surface area (Å²) < 4.78 is 6.98. The third-order valence-corrected chi connectivity index (χ3v) is 12.1. The van der Waals surface area contributed by atoms with E-state index in [1.54, 1.807) is 0 Å². The molecule has 2 saturated carbocycles. The molecular formula is C20H38OSi. The van der Waals surface area contributed by atoms with Crippen molar-refractivity contribution in [1.82, 2.24) is 0 Å². The van der Waals surface area contributed by atoms with Gasteiger partial charge in [-0.3, -0.25) is 0 Å². The lowest BCUT2D eigenvalue weighted by molar-refractivity contribution is -0.0152. The summed E-state index contributed by atoms with van der Waals surface area (Å²) in [6.07, 6.45) is 9.57. The molecule has 128 valence electrons. The molecule has 2 fully saturated rings. The zero-order valence-corrected chi connectivity index (χ0v) is 16.7. The minimum absolute atomic E-state index is 0.492. The van der Waals surface area contributed by atoms with Crippen LogP contribution >= 0.6 is 0 Å². The number of hydrogen-bond donors (Lipinski definition) is 0. The van der Waals surface area contributed by atoms with Gasteiger partial charge >= 0.3 is 0 Å². The lowest BCUT2D eigenvalue weighted by atomic mass is 9.62. The van der Waals surface area contributed by atoms with Gasteiger partial charge in [0.25, 0.3) is 0 Å². The fourth-order valence-corrected chi connectivity index (χ4v) is 8.57. The van der Waals surface area contributed by atoms with E-state index in [2.05, 4.69) is 47.3 Å². The molecule has 2 heteroatoms. The Bertz CT molecular complexity index is 368. The first-order valence-electron chi connectivity index (χ1n) is 9.76. The van der Waals surface area contributed by atoms with E-state index >= 15 is 0 Å². The summed E-state index contributed by atoms with van der Waals surface area (Å²) in [6.45, 7) is 16.1. The van der Waals surface area contributed by atoms with Gasteiger partial charge in [-0.1, -0.05) is 47.1 Å². The fourth-order valence-electron chi connectivity index (χ4n) is 5.65. The summed E-state index contributed by atoms with van der Waals surface area (Å²) in [5.74, 6) is 2.27. The van der Waals surface area contributed by atoms with Gasteiger partial charge in [-0.15, -0.1) is 6.58 Å². The number of allylic oxidation sites excluding steroid dienone is 1. The van der Waals surface area contributed by atoms with Crippen LogP contribution in [0.3, 0.4) is 0 Å². The molecule has 0 amide bonds. The van der Waals surface area contributed by atoms with Crippen molar-refractivity contribution in [2.24, 2.45) is 23.2 Å². The molecule has 2 rings (SSSR count). The second-order valence-corrected chi connectivity index (χ2v) is 12.9. The van der Waals surface area contributed by atoms with Crippen LogP contribution in [0, 0.1) is 23.2 Å². The Hall–Kier alpha value is -0.0831. The summed E-state index contributed by atoms with van der Waals surface area (Å²) >= 11 is 0. The van der Waals surface area contributed by atoms with Crippen LogP contribution in [-0.2, 0) is 4.43 Å². The monoisotopic (exact) mass is 322 g/mol. The molecule has 1 nitrogen and oxygen atoms in total. The van der Waals surface area contributed by atoms with Gasteiger partial charge in [0.05, 0.1) is 0 Å². The third kappa shape index (κ3) is 3.10. The van der Waals surface area contributed by atoms with Gasteiger partial charge in [0.2, 0.25) is 0 Å². The second kappa shape index (κ2) is 7.21. The van der Waals surface area contributed by atoms with Crippen LogP contribution in [0.4, 0.5) is 0 Å². The van der Waals surface area contributed by atoms with Crippen molar-refractivity contribution < 1.29 is 4.43 Å². The van der Waals surface area contributed by atoms with E-state index < -0.39 is 8.32 Å². The summed E-state index contributed by atoms with van der Waals surface area (Å²) in [7, 11) is -1.48. The van der Waals surface area contributed by atoms with Crippen LogP contribution in [0.5, 0.6) is 0 Å². The molecule has 0 aromatic carbocycles. The lowest BCUT2D eigenvalue weighted by Crippen LogP contribution is -2.48. The fraction of sp³-hybridized carbons (Fsp3) is 0.900. The molecular weight excluding hydrogens is 284 g/mol. The predicted molar refractivity (Wildman–Crippen MR) is 99.6 cm³/mol. The molecule has 0 saturated heterocycles. The van der Waals surface area contributed by atoms with Crippen LogP contribution < -0.4 is 0 Å². The van der Waals surface area contributed by atoms with Crippen LogP contribution in [0.15, 0.2) is 12.7 Å². The Morgan fingerprint density at radius 3 is 2.36 bits per heavy atom. The van der Waals surface area contributed by atoms with Gasteiger partial charge in [0.15, 0.2) is 8.32 Å². The average Bonchev–Trinajstić information content (AvgIpc) is 2.90. The first-order valence-corrected chi connectivity index (χ1v) is 12.3. The summed E-state index contributed by atoms with van der Waals surface area (Å²) in [6, 6.07) is 3.85. The maximum absolute atomic E-state index is 6.98. The highest BCUT2D eigenvalue weighted by molar-refractivity contribution is 6.73. The van der Waals surface area contributed by atoms with Crippen molar-refractivity contribution in [3.63, 3.8) is 0 Å². The zero-order valence-electron chi connectivity index (χ0n) is 15.7. The summed E-state index contributed by atoms with van der Waals surface area (Å²) in [4.78, 5) is 0. The van der Waals surface area contributed by atoms with E-state index in [1.807, 2.05) is 0 Å². The first kappa shape index (κ1) is 18.3. The van der Waals surface area contributed by atoms with Gasteiger partial charge in [0.1, 0.15) is 0 Å². The highest BCUT2D eigenvalue weighted by Crippen LogP contribution is 2.58. The van der Waals surface area contributed by atoms with E-state index in [1.165, 1.54) is 50.2 Å². The topological polar surface area (TPSA) is 9.23 Å². The zero-order chi connectivity index (χ0) is 16.4. The molecule has 0 bridgehead atoms. The SMILES string of the molecule is C=C[C@H](C)[C@H]1CC[C@H]2[C@@H](O[Si](CC)(CC)CC)CCC[C@]12C. The molecule has 5 atom stereocenters. The molecule has 0 radical (unpaired) electrons. The molecule has 0 unspecified atom stereocenters. The second-order valence-electron chi connectivity index (χ2n) is 8.18. The number of fused-ring (bicyclic) bond motifs is 1. The van der Waals surface area contributed by atoms with Gasteiger partial charge in [-0.2, -0.15) is 0 Å². The molecule has 0 heterocycles. The number of rotatable bonds is 7. The maximum Gasteiger partial charge on any atom is 0.192 e. The van der Waals surface area contributed by atoms with Crippen molar-refractivity contribution in [1.29, 1.82) is 0 Å². The van der Waals surface area contributed by atoms with Crippen molar-refractivity contribution in [2.75, 3.05) is 0 Å². The Morgan fingerprint density at radius 1 is 1.18 bits per heavy atom. The average molecular weight is 323 g/mol. The minimum Gasteiger partial charge on any atom is -0.414 e. The molecule has 0 spiro atoms. The molecule has 2 aliphatic carbocycles. The van der Waals surface area contributed by atoms with E-state index in [0.717, 1.165) is 11.8 Å². The van der Waals surface area contributed by atoms with Crippen LogP contribution in [0.25, 0.3) is 0 Å². The minimum atomic E-state index is -1.48. The Morgan fingerprint density at radius 2 is 1.82 bits per heavy atom. The van der Waals surface area contributed by atoms with Crippen molar-refractivity contribution in [2.45, 2.75) is 91.0 Å². The largest absolute Gasteiger partial charge is 0.414 e. The maximum atomic E-state index is 6.98. The van der Waals surface area contributed by atoms with Crippen LogP contribution in [-0.4, -0.2) is 14.4 Å². The molecule has 0 aromatic rings. The predicted octanol–water partition coefficient (Wildman–Crippen LogP) is 6.42. The Balaban J connectivity index is 2.17. The normalized spacial score (nSPS) is 36.9. The standard InChI is InChI=1S/C20H38OSi/c1-7-16(5)17-13-14-18-19(12-11-15-20(17,18)6)21-22(8-2,9-3)10-4/h7,16-19H,1,8-15H2,2-6H3/t16-,17+,18-,19-,20+/m0/s1. The van der Waals surface area contributed by atoms with Crippen molar-refractivity contribution in [3.8, 4) is 0 Å². The summed E-state index contributed by atoms with van der Waals surface area (Å²) in [5.41, 5.74) is 0.492. The van der Waals surface area contributed by atoms with Crippen LogP contribution in [0.1, 0.15) is 66.7 Å². The van der Waals surface area contributed by atoms with Gasteiger partial charge in [-0.05, 0) is 67.0 Å². The first-order chi connectivity index (χ1) is 10.5. The van der Waals surface area contributed by atoms with E-state index in [4.69, 9.17) is 4.43 Å².